The fourth-order valence-corrected chi connectivity index (χ4v) is 3.35. The lowest BCUT2D eigenvalue weighted by molar-refractivity contribution is 0.401. The Morgan fingerprint density at radius 2 is 1.79 bits per heavy atom. The second-order valence-electron chi connectivity index (χ2n) is 5.42. The van der Waals surface area contributed by atoms with Gasteiger partial charge in [0.1, 0.15) is 0 Å². The van der Waals surface area contributed by atoms with Crippen LogP contribution in [0.5, 0.6) is 0 Å². The van der Waals surface area contributed by atoms with Gasteiger partial charge in [0.2, 0.25) is 0 Å². The summed E-state index contributed by atoms with van der Waals surface area (Å²) in [5, 5.41) is 3.66. The molecule has 2 aromatic rings. The summed E-state index contributed by atoms with van der Waals surface area (Å²) >= 11 is 5.35. The minimum absolute atomic E-state index is 0.0248. The third-order valence-electron chi connectivity index (χ3n) is 3.43. The topological polar surface area (TPSA) is 12.0 Å². The molecule has 0 amide bonds. The molecular weight excluding hydrogens is 318 g/mol. The summed E-state index contributed by atoms with van der Waals surface area (Å²) < 4.78 is 1.12. The molecule has 0 aliphatic heterocycles. The van der Waals surface area contributed by atoms with Crippen molar-refractivity contribution in [2.24, 2.45) is 0 Å². The number of benzene rings is 1. The zero-order valence-corrected chi connectivity index (χ0v) is 14.3. The zero-order chi connectivity index (χ0) is 14.0. The van der Waals surface area contributed by atoms with Crippen molar-refractivity contribution in [2.75, 3.05) is 0 Å². The van der Waals surface area contributed by atoms with E-state index in [1.54, 1.807) is 0 Å². The molecular formula is C16H20BrNS. The quantitative estimate of drug-likeness (QED) is 0.813. The summed E-state index contributed by atoms with van der Waals surface area (Å²) in [6, 6.07) is 10.8. The van der Waals surface area contributed by atoms with Crippen LogP contribution in [0.25, 0.3) is 0 Å². The fourth-order valence-electron chi connectivity index (χ4n) is 2.14. The average molecular weight is 338 g/mol. The van der Waals surface area contributed by atoms with Crippen LogP contribution in [0.4, 0.5) is 0 Å². The summed E-state index contributed by atoms with van der Waals surface area (Å²) in [6.45, 7) is 9.73. The smallest absolute Gasteiger partial charge is 0.0380 e. The molecule has 0 saturated heterocycles. The van der Waals surface area contributed by atoms with Crippen LogP contribution in [0.3, 0.4) is 0 Å². The molecule has 1 nitrogen and oxygen atoms in total. The first-order chi connectivity index (χ1) is 8.88. The summed E-state index contributed by atoms with van der Waals surface area (Å²) in [5.41, 5.74) is 2.69. The van der Waals surface area contributed by atoms with Crippen molar-refractivity contribution in [3.63, 3.8) is 0 Å². The van der Waals surface area contributed by atoms with Gasteiger partial charge in [-0.3, -0.25) is 0 Å². The third kappa shape index (κ3) is 3.68. The summed E-state index contributed by atoms with van der Waals surface area (Å²) in [6.07, 6.45) is 0. The lowest BCUT2D eigenvalue weighted by Crippen LogP contribution is -2.35. The lowest BCUT2D eigenvalue weighted by atomic mass is 9.94. The Kier molecular flexibility index (Phi) is 4.49. The van der Waals surface area contributed by atoms with Crippen LogP contribution in [0.1, 0.15) is 34.7 Å². The molecule has 3 heteroatoms. The molecule has 0 aliphatic rings. The number of aryl methyl sites for hydroxylation is 2. The van der Waals surface area contributed by atoms with Crippen molar-refractivity contribution in [1.29, 1.82) is 0 Å². The molecule has 0 radical (unpaired) electrons. The van der Waals surface area contributed by atoms with E-state index in [1.165, 1.54) is 20.9 Å². The van der Waals surface area contributed by atoms with Gasteiger partial charge in [-0.15, -0.1) is 11.3 Å². The predicted octanol–water partition coefficient (Wildman–Crippen LogP) is 5.15. The molecule has 1 aromatic carbocycles. The summed E-state index contributed by atoms with van der Waals surface area (Å²) in [5.74, 6) is 0. The molecule has 0 bridgehead atoms. The number of nitrogens with one attached hydrogen (secondary N) is 1. The Hall–Kier alpha value is -0.640. The average Bonchev–Trinajstić information content (AvgIpc) is 2.66. The van der Waals surface area contributed by atoms with Crippen LogP contribution in [0.15, 0.2) is 34.8 Å². The van der Waals surface area contributed by atoms with Crippen LogP contribution >= 0.6 is 27.3 Å². The second-order valence-corrected chi connectivity index (χ2v) is 7.80. The maximum atomic E-state index is 3.66. The first-order valence-corrected chi connectivity index (χ1v) is 8.06. The third-order valence-corrected chi connectivity index (χ3v) is 4.97. The monoisotopic (exact) mass is 337 g/mol. The van der Waals surface area contributed by atoms with Gasteiger partial charge in [0.05, 0.1) is 0 Å². The minimum Gasteiger partial charge on any atom is -0.304 e. The van der Waals surface area contributed by atoms with Crippen molar-refractivity contribution in [2.45, 2.75) is 39.8 Å². The molecule has 0 aliphatic carbocycles. The normalized spacial score (nSPS) is 11.8. The Bertz CT molecular complexity index is 555. The number of hydrogen-bond acceptors (Lipinski definition) is 2. The van der Waals surface area contributed by atoms with E-state index in [9.17, 15) is 0 Å². The van der Waals surface area contributed by atoms with Crippen molar-refractivity contribution < 1.29 is 0 Å². The summed E-state index contributed by atoms with van der Waals surface area (Å²) in [7, 11) is 0. The van der Waals surface area contributed by atoms with Crippen molar-refractivity contribution in [1.82, 2.24) is 5.32 Å². The van der Waals surface area contributed by atoms with Crippen LogP contribution in [-0.2, 0) is 12.1 Å². The van der Waals surface area contributed by atoms with Gasteiger partial charge in [-0.05, 0) is 57.0 Å². The van der Waals surface area contributed by atoms with Crippen LogP contribution < -0.4 is 5.32 Å². The highest BCUT2D eigenvalue weighted by atomic mass is 79.9. The number of thiophene rings is 1. The lowest BCUT2D eigenvalue weighted by Gasteiger charge is -2.27. The van der Waals surface area contributed by atoms with E-state index in [0.29, 0.717) is 0 Å². The van der Waals surface area contributed by atoms with Crippen LogP contribution in [0, 0.1) is 13.8 Å². The molecule has 0 fully saturated rings. The first-order valence-electron chi connectivity index (χ1n) is 6.45. The fraction of sp³-hybridized carbons (Fsp3) is 0.375. The van der Waals surface area contributed by atoms with Gasteiger partial charge in [-0.1, -0.05) is 28.1 Å². The Balaban J connectivity index is 2.09. The van der Waals surface area contributed by atoms with Gasteiger partial charge in [0.25, 0.3) is 0 Å². The molecule has 0 atom stereocenters. The van der Waals surface area contributed by atoms with E-state index < -0.39 is 0 Å². The number of rotatable bonds is 4. The minimum atomic E-state index is -0.0248. The molecule has 1 aromatic heterocycles. The maximum absolute atomic E-state index is 3.66. The van der Waals surface area contributed by atoms with Gasteiger partial charge in [0, 0.05) is 26.3 Å². The Morgan fingerprint density at radius 1 is 1.16 bits per heavy atom. The van der Waals surface area contributed by atoms with E-state index >= 15 is 0 Å². The highest BCUT2D eigenvalue weighted by molar-refractivity contribution is 9.10. The highest BCUT2D eigenvalue weighted by Gasteiger charge is 2.20. The van der Waals surface area contributed by atoms with Crippen LogP contribution in [0.2, 0.25) is 0 Å². The van der Waals surface area contributed by atoms with E-state index in [0.717, 1.165) is 11.0 Å². The molecule has 1 heterocycles. The predicted molar refractivity (Wildman–Crippen MR) is 87.8 cm³/mol. The van der Waals surface area contributed by atoms with Gasteiger partial charge < -0.3 is 5.32 Å². The largest absolute Gasteiger partial charge is 0.304 e. The summed E-state index contributed by atoms with van der Waals surface area (Å²) in [4.78, 5) is 2.80. The molecule has 0 spiro atoms. The van der Waals surface area contributed by atoms with Crippen molar-refractivity contribution in [3.8, 4) is 0 Å². The van der Waals surface area contributed by atoms with E-state index in [2.05, 4.69) is 79.3 Å². The number of hydrogen-bond donors (Lipinski definition) is 1. The van der Waals surface area contributed by atoms with Gasteiger partial charge in [-0.2, -0.15) is 0 Å². The highest BCUT2D eigenvalue weighted by Crippen LogP contribution is 2.25. The number of halogens is 1. The van der Waals surface area contributed by atoms with Crippen LogP contribution in [-0.4, -0.2) is 0 Å². The molecule has 0 unspecified atom stereocenters. The Morgan fingerprint density at radius 3 is 2.32 bits per heavy atom. The first kappa shape index (κ1) is 14.8. The zero-order valence-electron chi connectivity index (χ0n) is 11.9. The molecule has 102 valence electrons. The Labute approximate surface area is 128 Å². The SMILES string of the molecule is Cc1cc(CNC(C)(C)c2ccc(Br)cc2)c(C)s1. The standard InChI is InChI=1S/C16H20BrNS/c1-11-9-13(12(2)19-11)10-18-16(3,4)14-5-7-15(17)8-6-14/h5-9,18H,10H2,1-4H3. The second kappa shape index (κ2) is 5.78. The van der Waals surface area contributed by atoms with Gasteiger partial charge >= 0.3 is 0 Å². The molecule has 19 heavy (non-hydrogen) atoms. The van der Waals surface area contributed by atoms with E-state index in [4.69, 9.17) is 0 Å². The maximum Gasteiger partial charge on any atom is 0.0380 e. The molecule has 2 rings (SSSR count). The molecule has 1 N–H and O–H groups in total. The van der Waals surface area contributed by atoms with Crippen molar-refractivity contribution in [3.05, 3.63) is 55.7 Å². The molecule has 0 saturated carbocycles. The van der Waals surface area contributed by atoms with Gasteiger partial charge in [-0.25, -0.2) is 0 Å². The van der Waals surface area contributed by atoms with E-state index in [-0.39, 0.29) is 5.54 Å². The van der Waals surface area contributed by atoms with Gasteiger partial charge in [0.15, 0.2) is 0 Å². The van der Waals surface area contributed by atoms with Crippen molar-refractivity contribution >= 4 is 27.3 Å². The van der Waals surface area contributed by atoms with E-state index in [1.807, 2.05) is 11.3 Å².